The molecule has 0 saturated heterocycles. The average molecular weight is 297 g/mol. The number of benzene rings is 2. The lowest BCUT2D eigenvalue weighted by Crippen LogP contribution is -2.18. The number of carbonyl (C=O) groups excluding carboxylic acids is 1. The molecule has 0 unspecified atom stereocenters. The number of fused-ring (bicyclic) bond motifs is 1. The fourth-order valence-electron chi connectivity index (χ4n) is 2.36. The SMILES string of the molecule is Cc1cc2ncn(CC(=O)Nc3cccc(F)c3)c2cc1C. The summed E-state index contributed by atoms with van der Waals surface area (Å²) in [6, 6.07) is 9.87. The third-order valence-corrected chi connectivity index (χ3v) is 3.66. The van der Waals surface area contributed by atoms with Crippen LogP contribution in [0.4, 0.5) is 10.1 Å². The maximum Gasteiger partial charge on any atom is 0.244 e. The zero-order valence-corrected chi connectivity index (χ0v) is 12.4. The van der Waals surface area contributed by atoms with E-state index >= 15 is 0 Å². The Kier molecular flexibility index (Phi) is 3.63. The summed E-state index contributed by atoms with van der Waals surface area (Å²) >= 11 is 0. The van der Waals surface area contributed by atoms with Crippen LogP contribution < -0.4 is 5.32 Å². The first kappa shape index (κ1) is 14.3. The van der Waals surface area contributed by atoms with Crippen LogP contribution in [0.2, 0.25) is 0 Å². The zero-order chi connectivity index (χ0) is 15.7. The number of rotatable bonds is 3. The molecule has 0 aliphatic rings. The summed E-state index contributed by atoms with van der Waals surface area (Å²) in [5, 5.41) is 2.68. The summed E-state index contributed by atoms with van der Waals surface area (Å²) in [7, 11) is 0. The van der Waals surface area contributed by atoms with E-state index in [4.69, 9.17) is 0 Å². The second-order valence-electron chi connectivity index (χ2n) is 5.36. The number of carbonyl (C=O) groups is 1. The van der Waals surface area contributed by atoms with Gasteiger partial charge in [0.1, 0.15) is 12.4 Å². The first-order valence-corrected chi connectivity index (χ1v) is 7.00. The van der Waals surface area contributed by atoms with E-state index in [9.17, 15) is 9.18 Å². The molecular weight excluding hydrogens is 281 g/mol. The summed E-state index contributed by atoms with van der Waals surface area (Å²) in [6.07, 6.45) is 1.65. The van der Waals surface area contributed by atoms with E-state index in [0.29, 0.717) is 5.69 Å². The Labute approximate surface area is 127 Å². The minimum Gasteiger partial charge on any atom is -0.324 e. The third-order valence-electron chi connectivity index (χ3n) is 3.66. The van der Waals surface area contributed by atoms with Gasteiger partial charge in [-0.1, -0.05) is 6.07 Å². The molecule has 0 bridgehead atoms. The Balaban J connectivity index is 1.81. The quantitative estimate of drug-likeness (QED) is 0.805. The Bertz CT molecular complexity index is 854. The van der Waals surface area contributed by atoms with Crippen molar-refractivity contribution in [1.29, 1.82) is 0 Å². The highest BCUT2D eigenvalue weighted by molar-refractivity contribution is 5.91. The molecule has 0 fully saturated rings. The van der Waals surface area contributed by atoms with Gasteiger partial charge in [0.2, 0.25) is 5.91 Å². The van der Waals surface area contributed by atoms with E-state index in [1.807, 2.05) is 26.0 Å². The Morgan fingerprint density at radius 3 is 2.77 bits per heavy atom. The molecule has 0 spiro atoms. The van der Waals surface area contributed by atoms with Gasteiger partial charge in [-0.3, -0.25) is 4.79 Å². The first-order chi connectivity index (χ1) is 10.5. The smallest absolute Gasteiger partial charge is 0.244 e. The Morgan fingerprint density at radius 1 is 1.23 bits per heavy atom. The topological polar surface area (TPSA) is 46.9 Å². The number of nitrogens with zero attached hydrogens (tertiary/aromatic N) is 2. The molecule has 5 heteroatoms. The fraction of sp³-hybridized carbons (Fsp3) is 0.176. The maximum atomic E-state index is 13.1. The van der Waals surface area contributed by atoms with Gasteiger partial charge in [0.15, 0.2) is 0 Å². The summed E-state index contributed by atoms with van der Waals surface area (Å²) in [5.74, 6) is -0.597. The lowest BCUT2D eigenvalue weighted by molar-refractivity contribution is -0.116. The van der Waals surface area contributed by atoms with Gasteiger partial charge < -0.3 is 9.88 Å². The second kappa shape index (κ2) is 5.60. The molecule has 0 radical (unpaired) electrons. The van der Waals surface area contributed by atoms with Gasteiger partial charge in [-0.15, -0.1) is 0 Å². The predicted molar refractivity (Wildman–Crippen MR) is 84.2 cm³/mol. The highest BCUT2D eigenvalue weighted by atomic mass is 19.1. The van der Waals surface area contributed by atoms with Gasteiger partial charge >= 0.3 is 0 Å². The summed E-state index contributed by atoms with van der Waals surface area (Å²) < 4.78 is 14.9. The van der Waals surface area contributed by atoms with E-state index in [1.54, 1.807) is 23.0 Å². The van der Waals surface area contributed by atoms with Crippen molar-refractivity contribution in [1.82, 2.24) is 9.55 Å². The van der Waals surface area contributed by atoms with Crippen molar-refractivity contribution in [2.75, 3.05) is 5.32 Å². The van der Waals surface area contributed by atoms with Crippen LogP contribution >= 0.6 is 0 Å². The number of nitrogens with one attached hydrogen (secondary N) is 1. The monoisotopic (exact) mass is 297 g/mol. The Morgan fingerprint density at radius 2 is 2.00 bits per heavy atom. The maximum absolute atomic E-state index is 13.1. The van der Waals surface area contributed by atoms with Crippen LogP contribution in [0, 0.1) is 19.7 Å². The molecular formula is C17H16FN3O. The molecule has 0 atom stereocenters. The number of imidazole rings is 1. The molecule has 0 aliphatic heterocycles. The number of anilines is 1. The van der Waals surface area contributed by atoms with Crippen molar-refractivity contribution >= 4 is 22.6 Å². The fourth-order valence-corrected chi connectivity index (χ4v) is 2.36. The van der Waals surface area contributed by atoms with Crippen LogP contribution in [-0.4, -0.2) is 15.5 Å². The molecule has 1 heterocycles. The average Bonchev–Trinajstić information content (AvgIpc) is 2.81. The van der Waals surface area contributed by atoms with Crippen LogP contribution in [-0.2, 0) is 11.3 Å². The van der Waals surface area contributed by atoms with Gasteiger partial charge in [0, 0.05) is 5.69 Å². The summed E-state index contributed by atoms with van der Waals surface area (Å²) in [4.78, 5) is 16.4. The van der Waals surface area contributed by atoms with Crippen LogP contribution in [0.25, 0.3) is 11.0 Å². The molecule has 1 N–H and O–H groups in total. The molecule has 112 valence electrons. The van der Waals surface area contributed by atoms with Crippen molar-refractivity contribution in [3.05, 3.63) is 59.7 Å². The van der Waals surface area contributed by atoms with E-state index in [2.05, 4.69) is 10.3 Å². The third kappa shape index (κ3) is 2.83. The normalized spacial score (nSPS) is 10.9. The van der Waals surface area contributed by atoms with Crippen LogP contribution in [0.3, 0.4) is 0 Å². The number of aryl methyl sites for hydroxylation is 2. The zero-order valence-electron chi connectivity index (χ0n) is 12.4. The number of hydrogen-bond donors (Lipinski definition) is 1. The largest absolute Gasteiger partial charge is 0.324 e. The van der Waals surface area contributed by atoms with Gasteiger partial charge in [0.25, 0.3) is 0 Å². The second-order valence-corrected chi connectivity index (χ2v) is 5.36. The first-order valence-electron chi connectivity index (χ1n) is 7.00. The molecule has 3 rings (SSSR count). The highest BCUT2D eigenvalue weighted by Gasteiger charge is 2.09. The lowest BCUT2D eigenvalue weighted by Gasteiger charge is -2.07. The molecule has 3 aromatic rings. The molecule has 0 aliphatic carbocycles. The van der Waals surface area contributed by atoms with Gasteiger partial charge in [0.05, 0.1) is 17.4 Å². The number of hydrogen-bond acceptors (Lipinski definition) is 2. The van der Waals surface area contributed by atoms with Crippen molar-refractivity contribution in [2.45, 2.75) is 20.4 Å². The number of amides is 1. The highest BCUT2D eigenvalue weighted by Crippen LogP contribution is 2.18. The standard InChI is InChI=1S/C17H16FN3O/c1-11-6-15-16(7-12(11)2)21(10-19-15)9-17(22)20-14-5-3-4-13(18)8-14/h3-8,10H,9H2,1-2H3,(H,20,22). The molecule has 1 aromatic heterocycles. The molecule has 0 saturated carbocycles. The van der Waals surface area contributed by atoms with E-state index in [0.717, 1.165) is 16.6 Å². The summed E-state index contributed by atoms with van der Waals surface area (Å²) in [5.41, 5.74) is 4.54. The van der Waals surface area contributed by atoms with Crippen molar-refractivity contribution in [3.63, 3.8) is 0 Å². The van der Waals surface area contributed by atoms with Crippen molar-refractivity contribution in [2.24, 2.45) is 0 Å². The van der Waals surface area contributed by atoms with Gasteiger partial charge in [-0.05, 0) is 55.3 Å². The van der Waals surface area contributed by atoms with Crippen LogP contribution in [0.15, 0.2) is 42.7 Å². The minimum absolute atomic E-state index is 0.134. The molecule has 4 nitrogen and oxygen atoms in total. The van der Waals surface area contributed by atoms with E-state index in [1.165, 1.54) is 17.7 Å². The molecule has 2 aromatic carbocycles. The van der Waals surface area contributed by atoms with E-state index in [-0.39, 0.29) is 18.3 Å². The van der Waals surface area contributed by atoms with Crippen LogP contribution in [0.1, 0.15) is 11.1 Å². The lowest BCUT2D eigenvalue weighted by atomic mass is 10.1. The molecule has 22 heavy (non-hydrogen) atoms. The van der Waals surface area contributed by atoms with E-state index < -0.39 is 0 Å². The number of halogens is 1. The van der Waals surface area contributed by atoms with Crippen molar-refractivity contribution in [3.8, 4) is 0 Å². The minimum atomic E-state index is -0.378. The number of aromatic nitrogens is 2. The van der Waals surface area contributed by atoms with Crippen molar-refractivity contribution < 1.29 is 9.18 Å². The van der Waals surface area contributed by atoms with Crippen LogP contribution in [0.5, 0.6) is 0 Å². The molecule has 1 amide bonds. The summed E-state index contributed by atoms with van der Waals surface area (Å²) in [6.45, 7) is 4.19. The van der Waals surface area contributed by atoms with Gasteiger partial charge in [-0.2, -0.15) is 0 Å². The van der Waals surface area contributed by atoms with Gasteiger partial charge in [-0.25, -0.2) is 9.37 Å². The predicted octanol–water partition coefficient (Wildman–Crippen LogP) is 3.43. The Hall–Kier alpha value is -2.69.